The van der Waals surface area contributed by atoms with E-state index >= 15 is 0 Å². The Kier molecular flexibility index (Phi) is 3.83. The van der Waals surface area contributed by atoms with Gasteiger partial charge in [0.1, 0.15) is 0 Å². The molecule has 4 heteroatoms. The first-order valence-electron chi connectivity index (χ1n) is 7.38. The summed E-state index contributed by atoms with van der Waals surface area (Å²) in [7, 11) is 0. The van der Waals surface area contributed by atoms with Crippen LogP contribution in [-0.4, -0.2) is 24.9 Å². The van der Waals surface area contributed by atoms with Gasteiger partial charge in [0, 0.05) is 13.0 Å². The van der Waals surface area contributed by atoms with Crippen LogP contribution in [0, 0.1) is 0 Å². The number of amides is 2. The summed E-state index contributed by atoms with van der Waals surface area (Å²) < 4.78 is 0. The molecule has 2 amide bonds. The highest BCUT2D eigenvalue weighted by Crippen LogP contribution is 2.28. The van der Waals surface area contributed by atoms with Crippen LogP contribution in [0.3, 0.4) is 0 Å². The van der Waals surface area contributed by atoms with Gasteiger partial charge in [0.2, 0.25) is 11.8 Å². The second-order valence-corrected chi connectivity index (χ2v) is 5.71. The van der Waals surface area contributed by atoms with Crippen LogP contribution in [0.1, 0.15) is 48.6 Å². The van der Waals surface area contributed by atoms with Gasteiger partial charge in [0.05, 0.1) is 5.92 Å². The van der Waals surface area contributed by atoms with E-state index in [9.17, 15) is 9.59 Å². The molecule has 3 rings (SSSR count). The molecule has 0 aromatic heterocycles. The van der Waals surface area contributed by atoms with E-state index in [2.05, 4.69) is 22.8 Å². The summed E-state index contributed by atoms with van der Waals surface area (Å²) in [5.41, 5.74) is 2.36. The molecular weight excluding hydrogens is 252 g/mol. The largest absolute Gasteiger partial charge is 0.316 e. The molecule has 0 spiro atoms. The Morgan fingerprint density at radius 3 is 2.40 bits per heavy atom. The number of piperidine rings is 2. The minimum Gasteiger partial charge on any atom is -0.316 e. The minimum atomic E-state index is -0.175. The summed E-state index contributed by atoms with van der Waals surface area (Å²) in [5.74, 6) is 0.0928. The maximum atomic E-state index is 11.8. The molecule has 4 nitrogen and oxygen atoms in total. The molecule has 2 saturated heterocycles. The van der Waals surface area contributed by atoms with Crippen molar-refractivity contribution >= 4 is 11.8 Å². The number of hydrogen-bond acceptors (Lipinski definition) is 3. The molecule has 2 aliphatic heterocycles. The maximum Gasteiger partial charge on any atom is 0.234 e. The summed E-state index contributed by atoms with van der Waals surface area (Å²) in [5, 5.41) is 5.84. The molecule has 2 heterocycles. The van der Waals surface area contributed by atoms with Crippen molar-refractivity contribution in [2.45, 2.75) is 37.5 Å². The fourth-order valence-electron chi connectivity index (χ4n) is 3.15. The van der Waals surface area contributed by atoms with E-state index in [0.717, 1.165) is 18.7 Å². The van der Waals surface area contributed by atoms with Gasteiger partial charge in [-0.15, -0.1) is 0 Å². The molecule has 0 bridgehead atoms. The van der Waals surface area contributed by atoms with Crippen molar-refractivity contribution in [2.75, 3.05) is 13.1 Å². The fourth-order valence-corrected chi connectivity index (χ4v) is 3.15. The van der Waals surface area contributed by atoms with Crippen molar-refractivity contribution in [1.82, 2.24) is 10.6 Å². The highest BCUT2D eigenvalue weighted by Gasteiger charge is 2.28. The molecular formula is C16H20N2O2. The summed E-state index contributed by atoms with van der Waals surface area (Å²) in [6.45, 7) is 2.16. The van der Waals surface area contributed by atoms with Crippen molar-refractivity contribution in [2.24, 2.45) is 0 Å². The lowest BCUT2D eigenvalue weighted by Crippen LogP contribution is -2.39. The van der Waals surface area contributed by atoms with Gasteiger partial charge < -0.3 is 5.32 Å². The van der Waals surface area contributed by atoms with Crippen LogP contribution in [0.4, 0.5) is 0 Å². The van der Waals surface area contributed by atoms with Crippen LogP contribution in [-0.2, 0) is 9.59 Å². The van der Waals surface area contributed by atoms with Gasteiger partial charge in [-0.05, 0) is 42.9 Å². The van der Waals surface area contributed by atoms with E-state index in [1.54, 1.807) is 0 Å². The SMILES string of the molecule is O=C1CCC(c2ccc([C@@H]3CCCNC3)cc2)C(=O)N1. The lowest BCUT2D eigenvalue weighted by Gasteiger charge is -2.24. The van der Waals surface area contributed by atoms with Crippen LogP contribution in [0.2, 0.25) is 0 Å². The molecule has 0 saturated carbocycles. The smallest absolute Gasteiger partial charge is 0.234 e. The van der Waals surface area contributed by atoms with E-state index in [0.29, 0.717) is 18.8 Å². The van der Waals surface area contributed by atoms with Crippen molar-refractivity contribution in [3.8, 4) is 0 Å². The van der Waals surface area contributed by atoms with Crippen molar-refractivity contribution in [3.63, 3.8) is 0 Å². The number of imide groups is 1. The van der Waals surface area contributed by atoms with E-state index in [-0.39, 0.29) is 17.7 Å². The Bertz CT molecular complexity index is 504. The number of rotatable bonds is 2. The molecule has 2 N–H and O–H groups in total. The highest BCUT2D eigenvalue weighted by atomic mass is 16.2. The zero-order valence-electron chi connectivity index (χ0n) is 11.5. The van der Waals surface area contributed by atoms with Gasteiger partial charge in [-0.25, -0.2) is 0 Å². The van der Waals surface area contributed by atoms with Crippen LogP contribution >= 0.6 is 0 Å². The highest BCUT2D eigenvalue weighted by molar-refractivity contribution is 6.00. The first kappa shape index (κ1) is 13.3. The van der Waals surface area contributed by atoms with Gasteiger partial charge in [0.15, 0.2) is 0 Å². The summed E-state index contributed by atoms with van der Waals surface area (Å²) >= 11 is 0. The number of nitrogens with one attached hydrogen (secondary N) is 2. The Morgan fingerprint density at radius 2 is 1.75 bits per heavy atom. The Morgan fingerprint density at radius 1 is 1.00 bits per heavy atom. The Labute approximate surface area is 118 Å². The quantitative estimate of drug-likeness (QED) is 0.805. The lowest BCUT2D eigenvalue weighted by atomic mass is 9.87. The van der Waals surface area contributed by atoms with Crippen LogP contribution < -0.4 is 10.6 Å². The zero-order chi connectivity index (χ0) is 13.9. The molecule has 0 aliphatic carbocycles. The molecule has 2 fully saturated rings. The van der Waals surface area contributed by atoms with Crippen molar-refractivity contribution in [1.29, 1.82) is 0 Å². The summed E-state index contributed by atoms with van der Waals surface area (Å²) in [4.78, 5) is 23.0. The fraction of sp³-hybridized carbons (Fsp3) is 0.500. The minimum absolute atomic E-state index is 0.156. The normalized spacial score (nSPS) is 27.2. The van der Waals surface area contributed by atoms with Crippen LogP contribution in [0.15, 0.2) is 24.3 Å². The third-order valence-corrected chi connectivity index (χ3v) is 4.35. The predicted molar refractivity (Wildman–Crippen MR) is 76.4 cm³/mol. The summed E-state index contributed by atoms with van der Waals surface area (Å²) in [6, 6.07) is 8.36. The predicted octanol–water partition coefficient (Wildman–Crippen LogP) is 1.67. The number of carbonyl (C=O) groups excluding carboxylic acids is 2. The van der Waals surface area contributed by atoms with E-state index in [1.807, 2.05) is 12.1 Å². The molecule has 20 heavy (non-hydrogen) atoms. The summed E-state index contributed by atoms with van der Waals surface area (Å²) in [6.07, 6.45) is 3.50. The van der Waals surface area contributed by atoms with Crippen molar-refractivity contribution < 1.29 is 9.59 Å². The molecule has 106 valence electrons. The van der Waals surface area contributed by atoms with Crippen LogP contribution in [0.5, 0.6) is 0 Å². The van der Waals surface area contributed by atoms with Crippen LogP contribution in [0.25, 0.3) is 0 Å². The molecule has 0 radical (unpaired) electrons. The van der Waals surface area contributed by atoms with Gasteiger partial charge in [0.25, 0.3) is 0 Å². The third kappa shape index (κ3) is 2.75. The first-order chi connectivity index (χ1) is 9.74. The Hall–Kier alpha value is -1.68. The van der Waals surface area contributed by atoms with Gasteiger partial charge in [-0.2, -0.15) is 0 Å². The number of carbonyl (C=O) groups is 2. The van der Waals surface area contributed by atoms with Gasteiger partial charge in [-0.1, -0.05) is 24.3 Å². The number of benzene rings is 1. The van der Waals surface area contributed by atoms with Crippen molar-refractivity contribution in [3.05, 3.63) is 35.4 Å². The molecule has 2 aliphatic rings. The third-order valence-electron chi connectivity index (χ3n) is 4.35. The first-order valence-corrected chi connectivity index (χ1v) is 7.38. The van der Waals surface area contributed by atoms with Gasteiger partial charge in [-0.3, -0.25) is 14.9 Å². The second kappa shape index (κ2) is 5.75. The average Bonchev–Trinajstić information content (AvgIpc) is 2.48. The molecule has 1 unspecified atom stereocenters. The monoisotopic (exact) mass is 272 g/mol. The maximum absolute atomic E-state index is 11.8. The lowest BCUT2D eigenvalue weighted by molar-refractivity contribution is -0.134. The Balaban J connectivity index is 1.72. The molecule has 1 aromatic rings. The second-order valence-electron chi connectivity index (χ2n) is 5.71. The molecule has 1 aromatic carbocycles. The zero-order valence-corrected chi connectivity index (χ0v) is 11.5. The average molecular weight is 272 g/mol. The molecule has 2 atom stereocenters. The van der Waals surface area contributed by atoms with E-state index in [4.69, 9.17) is 0 Å². The topological polar surface area (TPSA) is 58.2 Å². The van der Waals surface area contributed by atoms with E-state index < -0.39 is 0 Å². The van der Waals surface area contributed by atoms with Gasteiger partial charge >= 0.3 is 0 Å². The van der Waals surface area contributed by atoms with E-state index in [1.165, 1.54) is 18.4 Å². The standard InChI is InChI=1S/C16H20N2O2/c19-15-8-7-14(16(20)18-15)12-5-3-11(4-6-12)13-2-1-9-17-10-13/h3-6,13-14,17H,1-2,7-10H2,(H,18,19,20)/t13-,14?/m1/s1. The number of hydrogen-bond donors (Lipinski definition) is 2.